The Hall–Kier alpha value is -2.11. The molecule has 1 aliphatic rings. The number of methoxy groups -OCH3 is 1. The van der Waals surface area contributed by atoms with Gasteiger partial charge in [-0.25, -0.2) is 0 Å². The number of carbonyl (C=O) groups is 3. The predicted molar refractivity (Wildman–Crippen MR) is 81.0 cm³/mol. The van der Waals surface area contributed by atoms with Crippen molar-refractivity contribution in [1.82, 2.24) is 9.88 Å². The fourth-order valence-corrected chi connectivity index (χ4v) is 2.84. The highest BCUT2D eigenvalue weighted by Crippen LogP contribution is 2.27. The number of aromatic nitrogens is 1. The van der Waals surface area contributed by atoms with Crippen LogP contribution in [0.2, 0.25) is 0 Å². The van der Waals surface area contributed by atoms with Gasteiger partial charge in [-0.15, -0.1) is 0 Å². The molecule has 1 aliphatic carbocycles. The molecule has 22 heavy (non-hydrogen) atoms. The summed E-state index contributed by atoms with van der Waals surface area (Å²) in [6.07, 6.45) is 3.02. The lowest BCUT2D eigenvalue weighted by Crippen LogP contribution is -2.29. The van der Waals surface area contributed by atoms with Crippen molar-refractivity contribution in [3.8, 4) is 0 Å². The molecular formula is C16H22N2O4. The first-order chi connectivity index (χ1) is 10.5. The molecule has 1 amide bonds. The summed E-state index contributed by atoms with van der Waals surface area (Å²) >= 11 is 0. The van der Waals surface area contributed by atoms with Crippen LogP contribution in [-0.4, -0.2) is 48.2 Å². The van der Waals surface area contributed by atoms with Crippen molar-refractivity contribution in [2.75, 3.05) is 20.7 Å². The maximum Gasteiger partial charge on any atom is 0.305 e. The van der Waals surface area contributed by atoms with Crippen molar-refractivity contribution in [2.45, 2.75) is 39.0 Å². The smallest absolute Gasteiger partial charge is 0.305 e. The topological polar surface area (TPSA) is 79.5 Å². The molecule has 0 saturated heterocycles. The SMILES string of the molecule is COC(=O)CCCN(C)C(=O)c1[nH]c2c(c1C)C(=O)CCC2. The minimum Gasteiger partial charge on any atom is -0.469 e. The van der Waals surface area contributed by atoms with Gasteiger partial charge in [0.05, 0.1) is 7.11 Å². The minimum atomic E-state index is -0.280. The van der Waals surface area contributed by atoms with Crippen molar-refractivity contribution in [2.24, 2.45) is 0 Å². The Morgan fingerprint density at radius 3 is 2.68 bits per heavy atom. The Morgan fingerprint density at radius 1 is 1.32 bits per heavy atom. The van der Waals surface area contributed by atoms with Crippen LogP contribution in [0.1, 0.15) is 57.8 Å². The fraction of sp³-hybridized carbons (Fsp3) is 0.562. The van der Waals surface area contributed by atoms with Crippen molar-refractivity contribution in [3.05, 3.63) is 22.5 Å². The maximum atomic E-state index is 12.5. The summed E-state index contributed by atoms with van der Waals surface area (Å²) in [5.41, 5.74) is 2.79. The van der Waals surface area contributed by atoms with Gasteiger partial charge in [0.15, 0.2) is 5.78 Å². The van der Waals surface area contributed by atoms with Crippen molar-refractivity contribution >= 4 is 17.7 Å². The number of nitrogens with zero attached hydrogens (tertiary/aromatic N) is 1. The summed E-state index contributed by atoms with van der Waals surface area (Å²) in [7, 11) is 3.04. The average molecular weight is 306 g/mol. The monoisotopic (exact) mass is 306 g/mol. The Bertz CT molecular complexity index is 604. The first kappa shape index (κ1) is 16.3. The van der Waals surface area contributed by atoms with Gasteiger partial charge in [0, 0.05) is 37.7 Å². The molecule has 0 bridgehead atoms. The van der Waals surface area contributed by atoms with Gasteiger partial charge in [0.25, 0.3) is 5.91 Å². The zero-order valence-corrected chi connectivity index (χ0v) is 13.3. The first-order valence-corrected chi connectivity index (χ1v) is 7.52. The molecule has 1 aromatic rings. The van der Waals surface area contributed by atoms with Gasteiger partial charge < -0.3 is 14.6 Å². The number of nitrogens with one attached hydrogen (secondary N) is 1. The minimum absolute atomic E-state index is 0.113. The third kappa shape index (κ3) is 3.21. The number of esters is 1. The van der Waals surface area contributed by atoms with E-state index in [2.05, 4.69) is 9.72 Å². The highest BCUT2D eigenvalue weighted by atomic mass is 16.5. The van der Waals surface area contributed by atoms with Crippen molar-refractivity contribution < 1.29 is 19.1 Å². The lowest BCUT2D eigenvalue weighted by Gasteiger charge is -2.16. The number of ether oxygens (including phenoxy) is 1. The zero-order valence-electron chi connectivity index (χ0n) is 13.3. The van der Waals surface area contributed by atoms with Gasteiger partial charge in [0.2, 0.25) is 0 Å². The molecule has 1 aromatic heterocycles. The lowest BCUT2D eigenvalue weighted by atomic mass is 9.94. The summed E-state index contributed by atoms with van der Waals surface area (Å²) in [5, 5.41) is 0. The molecular weight excluding hydrogens is 284 g/mol. The van der Waals surface area contributed by atoms with Crippen LogP contribution in [-0.2, 0) is 16.0 Å². The molecule has 0 saturated carbocycles. The van der Waals surface area contributed by atoms with Crippen LogP contribution in [0.5, 0.6) is 0 Å². The first-order valence-electron chi connectivity index (χ1n) is 7.52. The predicted octanol–water partition coefficient (Wildman–Crippen LogP) is 1.87. The van der Waals surface area contributed by atoms with Gasteiger partial charge in [-0.2, -0.15) is 0 Å². The lowest BCUT2D eigenvalue weighted by molar-refractivity contribution is -0.140. The standard InChI is InChI=1S/C16H22N2O4/c1-10-14-11(6-4-7-12(14)19)17-15(10)16(21)18(2)9-5-8-13(20)22-3/h17H,4-9H2,1-3H3. The third-order valence-corrected chi connectivity index (χ3v) is 4.10. The van der Waals surface area contributed by atoms with Crippen LogP contribution in [0.25, 0.3) is 0 Å². The van der Waals surface area contributed by atoms with E-state index in [0.29, 0.717) is 30.6 Å². The quantitative estimate of drug-likeness (QED) is 0.842. The van der Waals surface area contributed by atoms with Crippen molar-refractivity contribution in [3.63, 3.8) is 0 Å². The summed E-state index contributed by atoms with van der Waals surface area (Å²) in [4.78, 5) is 40.3. The second kappa shape index (κ2) is 6.77. The van der Waals surface area contributed by atoms with Gasteiger partial charge in [0.1, 0.15) is 5.69 Å². The summed E-state index contributed by atoms with van der Waals surface area (Å²) in [6, 6.07) is 0. The van der Waals surface area contributed by atoms with Gasteiger partial charge in [-0.05, 0) is 31.7 Å². The maximum absolute atomic E-state index is 12.5. The number of aromatic amines is 1. The van der Waals surface area contributed by atoms with E-state index >= 15 is 0 Å². The molecule has 6 nitrogen and oxygen atoms in total. The van der Waals surface area contributed by atoms with E-state index in [1.807, 2.05) is 6.92 Å². The fourth-order valence-electron chi connectivity index (χ4n) is 2.84. The highest BCUT2D eigenvalue weighted by molar-refractivity contribution is 6.04. The zero-order chi connectivity index (χ0) is 16.3. The van der Waals surface area contributed by atoms with E-state index in [9.17, 15) is 14.4 Å². The second-order valence-electron chi connectivity index (χ2n) is 5.66. The number of ketones is 1. The third-order valence-electron chi connectivity index (χ3n) is 4.10. The van der Waals surface area contributed by atoms with Gasteiger partial charge in [-0.3, -0.25) is 14.4 Å². The van der Waals surface area contributed by atoms with Crippen LogP contribution in [0.15, 0.2) is 0 Å². The van der Waals surface area contributed by atoms with E-state index in [-0.39, 0.29) is 24.1 Å². The van der Waals surface area contributed by atoms with Crippen LogP contribution >= 0.6 is 0 Å². The van der Waals surface area contributed by atoms with Gasteiger partial charge >= 0.3 is 5.97 Å². The van der Waals surface area contributed by atoms with Crippen LogP contribution in [0.4, 0.5) is 0 Å². The van der Waals surface area contributed by atoms with Gasteiger partial charge in [-0.1, -0.05) is 0 Å². The average Bonchev–Trinajstić information content (AvgIpc) is 2.84. The number of hydrogen-bond acceptors (Lipinski definition) is 4. The Morgan fingerprint density at radius 2 is 2.05 bits per heavy atom. The number of aryl methyl sites for hydroxylation is 1. The number of amides is 1. The van der Waals surface area contributed by atoms with E-state index in [1.54, 1.807) is 11.9 Å². The van der Waals surface area contributed by atoms with E-state index in [4.69, 9.17) is 0 Å². The largest absolute Gasteiger partial charge is 0.469 e. The number of hydrogen-bond donors (Lipinski definition) is 1. The van der Waals surface area contributed by atoms with Crippen molar-refractivity contribution in [1.29, 1.82) is 0 Å². The molecule has 0 fully saturated rings. The Kier molecular flexibility index (Phi) is 5.00. The molecule has 0 spiro atoms. The van der Waals surface area contributed by atoms with Crippen LogP contribution < -0.4 is 0 Å². The highest BCUT2D eigenvalue weighted by Gasteiger charge is 2.27. The number of Topliss-reactive ketones (excluding diaryl/α,β-unsaturated/α-hetero) is 1. The Labute approximate surface area is 129 Å². The molecule has 0 aliphatic heterocycles. The second-order valence-corrected chi connectivity index (χ2v) is 5.66. The molecule has 0 atom stereocenters. The molecule has 0 unspecified atom stereocenters. The van der Waals surface area contributed by atoms with Crippen LogP contribution in [0, 0.1) is 6.92 Å². The molecule has 0 aromatic carbocycles. The number of carbonyl (C=O) groups excluding carboxylic acids is 3. The number of H-pyrrole nitrogens is 1. The van der Waals surface area contributed by atoms with E-state index in [1.165, 1.54) is 7.11 Å². The van der Waals surface area contributed by atoms with E-state index < -0.39 is 0 Å². The molecule has 0 radical (unpaired) electrons. The molecule has 6 heteroatoms. The molecule has 1 N–H and O–H groups in total. The summed E-state index contributed by atoms with van der Waals surface area (Å²) < 4.78 is 4.58. The summed E-state index contributed by atoms with van der Waals surface area (Å²) in [5.74, 6) is -0.315. The van der Waals surface area contributed by atoms with E-state index in [0.717, 1.165) is 24.1 Å². The molecule has 120 valence electrons. The normalized spacial score (nSPS) is 13.7. The number of fused-ring (bicyclic) bond motifs is 1. The van der Waals surface area contributed by atoms with Crippen LogP contribution in [0.3, 0.4) is 0 Å². The molecule has 1 heterocycles. The molecule has 2 rings (SSSR count). The number of rotatable bonds is 5. The Balaban J connectivity index is 2.06. The summed E-state index contributed by atoms with van der Waals surface area (Å²) in [6.45, 7) is 2.28.